The summed E-state index contributed by atoms with van der Waals surface area (Å²) in [7, 11) is -1.73. The number of benzene rings is 3. The summed E-state index contributed by atoms with van der Waals surface area (Å²) >= 11 is 5.77. The van der Waals surface area contributed by atoms with E-state index in [9.17, 15) is 0 Å². The van der Waals surface area contributed by atoms with E-state index in [2.05, 4.69) is 103 Å². The maximum Gasteiger partial charge on any atom is 0.115 e. The van der Waals surface area contributed by atoms with Gasteiger partial charge in [0.25, 0.3) is 0 Å². The van der Waals surface area contributed by atoms with E-state index in [-0.39, 0.29) is 12.4 Å². The first-order valence-electron chi connectivity index (χ1n) is 11.1. The zero-order valence-corrected chi connectivity index (χ0v) is 20.6. The van der Waals surface area contributed by atoms with Crippen molar-refractivity contribution in [1.29, 1.82) is 0 Å². The van der Waals surface area contributed by atoms with Crippen LogP contribution in [0.3, 0.4) is 0 Å². The molecule has 3 rings (SSSR count). The first-order chi connectivity index (χ1) is 14.9. The number of allylic oxidation sites excluding steroid dienone is 2. The molecule has 0 fully saturated rings. The molecule has 31 heavy (non-hydrogen) atoms. The van der Waals surface area contributed by atoms with Gasteiger partial charge >= 0.3 is 0 Å². The Balaban J connectivity index is 0.00000341. The zero-order chi connectivity index (χ0) is 20.9. The van der Waals surface area contributed by atoms with Gasteiger partial charge in [0.05, 0.1) is 6.16 Å². The fraction of sp³-hybridized carbons (Fsp3) is 0.286. The summed E-state index contributed by atoms with van der Waals surface area (Å²) in [6.45, 7) is 0. The van der Waals surface area contributed by atoms with Gasteiger partial charge in [-0.25, -0.2) is 0 Å². The molecule has 0 aliphatic carbocycles. The van der Waals surface area contributed by atoms with E-state index in [1.807, 2.05) is 0 Å². The maximum absolute atomic E-state index is 5.77. The van der Waals surface area contributed by atoms with E-state index in [4.69, 9.17) is 11.6 Å². The summed E-state index contributed by atoms with van der Waals surface area (Å²) in [6.07, 6.45) is 13.4. The first kappa shape index (κ1) is 25.7. The SMILES string of the molecule is ClCCCCCCCC=CC[P+](c1ccccc1)(c1ccccc1)c1ccccc1.[Cl-]. The van der Waals surface area contributed by atoms with Gasteiger partial charge < -0.3 is 12.4 Å². The standard InChI is InChI=1S/C28H33ClP.ClH/c29-24-16-5-3-1-2-4-6-17-25-30(26-18-10-7-11-19-26,27-20-12-8-13-21-27)28-22-14-9-15-23-28;/h6-15,17-23H,1-5,16,24-25H2;1H/q+1;/p-1. The molecule has 0 saturated carbocycles. The third-order valence-corrected chi connectivity index (χ3v) is 10.2. The molecule has 0 radical (unpaired) electrons. The predicted molar refractivity (Wildman–Crippen MR) is 138 cm³/mol. The predicted octanol–water partition coefficient (Wildman–Crippen LogP) is 4.12. The van der Waals surface area contributed by atoms with Crippen molar-refractivity contribution in [1.82, 2.24) is 0 Å². The van der Waals surface area contributed by atoms with Crippen LogP contribution in [0, 0.1) is 0 Å². The van der Waals surface area contributed by atoms with Crippen LogP contribution in [0.4, 0.5) is 0 Å². The summed E-state index contributed by atoms with van der Waals surface area (Å²) in [4.78, 5) is 0. The summed E-state index contributed by atoms with van der Waals surface area (Å²) in [5.74, 6) is 0.796. The van der Waals surface area contributed by atoms with E-state index in [1.54, 1.807) is 0 Å². The average Bonchev–Trinajstić information content (AvgIpc) is 2.82. The fourth-order valence-electron chi connectivity index (χ4n) is 4.05. The van der Waals surface area contributed by atoms with Crippen LogP contribution in [-0.2, 0) is 0 Å². The van der Waals surface area contributed by atoms with Gasteiger partial charge in [-0.15, -0.1) is 11.6 Å². The van der Waals surface area contributed by atoms with Crippen LogP contribution in [0.2, 0.25) is 0 Å². The summed E-state index contributed by atoms with van der Waals surface area (Å²) < 4.78 is 0. The quantitative estimate of drug-likeness (QED) is 0.161. The molecule has 0 nitrogen and oxygen atoms in total. The number of unbranched alkanes of at least 4 members (excludes halogenated alkanes) is 5. The Labute approximate surface area is 200 Å². The van der Waals surface area contributed by atoms with Crippen LogP contribution in [-0.4, -0.2) is 12.0 Å². The second-order valence-corrected chi connectivity index (χ2v) is 11.6. The molecule has 0 atom stereocenters. The van der Waals surface area contributed by atoms with E-state index in [0.717, 1.165) is 18.5 Å². The van der Waals surface area contributed by atoms with Gasteiger partial charge in [0.15, 0.2) is 0 Å². The lowest BCUT2D eigenvalue weighted by Gasteiger charge is -2.26. The topological polar surface area (TPSA) is 0 Å². The second-order valence-electron chi connectivity index (χ2n) is 7.72. The molecule has 0 N–H and O–H groups in total. The molecule has 0 aliphatic rings. The summed E-state index contributed by atoms with van der Waals surface area (Å²) in [5.41, 5.74) is 0. The number of rotatable bonds is 12. The summed E-state index contributed by atoms with van der Waals surface area (Å²) in [5, 5.41) is 4.36. The van der Waals surface area contributed by atoms with Gasteiger partial charge in [0.2, 0.25) is 0 Å². The van der Waals surface area contributed by atoms with Crippen molar-refractivity contribution in [2.75, 3.05) is 12.0 Å². The number of hydrogen-bond acceptors (Lipinski definition) is 0. The average molecular weight is 471 g/mol. The zero-order valence-electron chi connectivity index (χ0n) is 18.2. The van der Waals surface area contributed by atoms with E-state index < -0.39 is 7.26 Å². The Bertz CT molecular complexity index is 767. The molecule has 0 bridgehead atoms. The van der Waals surface area contributed by atoms with Gasteiger partial charge in [-0.3, -0.25) is 0 Å². The highest BCUT2D eigenvalue weighted by Crippen LogP contribution is 2.55. The third kappa shape index (κ3) is 7.21. The molecule has 0 heterocycles. The molecule has 0 spiro atoms. The minimum Gasteiger partial charge on any atom is -1.00 e. The largest absolute Gasteiger partial charge is 1.00 e. The molecular formula is C28H33Cl2P. The van der Waals surface area contributed by atoms with E-state index in [0.29, 0.717) is 0 Å². The molecular weight excluding hydrogens is 438 g/mol. The number of halogens is 2. The molecule has 3 heteroatoms. The normalized spacial score (nSPS) is 11.4. The summed E-state index contributed by atoms with van der Waals surface area (Å²) in [6, 6.07) is 33.4. The highest BCUT2D eigenvalue weighted by Gasteiger charge is 2.43. The van der Waals surface area contributed by atoms with Gasteiger partial charge in [0, 0.05) is 5.88 Å². The van der Waals surface area contributed by atoms with Crippen molar-refractivity contribution < 1.29 is 12.4 Å². The van der Waals surface area contributed by atoms with Gasteiger partial charge in [-0.2, -0.15) is 0 Å². The monoisotopic (exact) mass is 470 g/mol. The Kier molecular flexibility index (Phi) is 12.0. The number of hydrogen-bond donors (Lipinski definition) is 0. The van der Waals surface area contributed by atoms with Crippen LogP contribution >= 0.6 is 18.9 Å². The fourth-order valence-corrected chi connectivity index (χ4v) is 8.27. The maximum atomic E-state index is 5.77. The third-order valence-electron chi connectivity index (χ3n) is 5.64. The second kappa shape index (κ2) is 14.5. The minimum absolute atomic E-state index is 0. The first-order valence-corrected chi connectivity index (χ1v) is 13.6. The van der Waals surface area contributed by atoms with Crippen LogP contribution in [0.15, 0.2) is 103 Å². The van der Waals surface area contributed by atoms with Gasteiger partial charge in [-0.05, 0) is 55.7 Å². The minimum atomic E-state index is -1.73. The van der Waals surface area contributed by atoms with E-state index >= 15 is 0 Å². The molecule has 3 aromatic carbocycles. The van der Waals surface area contributed by atoms with Crippen LogP contribution < -0.4 is 28.3 Å². The van der Waals surface area contributed by atoms with Crippen molar-refractivity contribution in [3.05, 3.63) is 103 Å². The lowest BCUT2D eigenvalue weighted by Crippen LogP contribution is -3.00. The number of alkyl halides is 1. The van der Waals surface area contributed by atoms with Crippen molar-refractivity contribution in [2.24, 2.45) is 0 Å². The molecule has 0 aromatic heterocycles. The Morgan fingerprint density at radius 2 is 0.968 bits per heavy atom. The van der Waals surface area contributed by atoms with Crippen molar-refractivity contribution in [3.63, 3.8) is 0 Å². The Morgan fingerprint density at radius 1 is 0.548 bits per heavy atom. The molecule has 164 valence electrons. The molecule has 0 unspecified atom stereocenters. The highest BCUT2D eigenvalue weighted by atomic mass is 35.5. The Morgan fingerprint density at radius 3 is 1.42 bits per heavy atom. The molecule has 0 amide bonds. The van der Waals surface area contributed by atoms with Crippen molar-refractivity contribution in [2.45, 2.75) is 38.5 Å². The van der Waals surface area contributed by atoms with Crippen LogP contribution in [0.5, 0.6) is 0 Å². The van der Waals surface area contributed by atoms with E-state index in [1.165, 1.54) is 48.0 Å². The highest BCUT2D eigenvalue weighted by molar-refractivity contribution is 7.95. The van der Waals surface area contributed by atoms with Crippen molar-refractivity contribution >= 4 is 34.8 Å². The van der Waals surface area contributed by atoms with Gasteiger partial charge in [-0.1, -0.05) is 86.0 Å². The lowest BCUT2D eigenvalue weighted by atomic mass is 10.1. The van der Waals surface area contributed by atoms with Gasteiger partial charge in [0.1, 0.15) is 23.2 Å². The molecule has 0 aliphatic heterocycles. The van der Waals surface area contributed by atoms with Crippen LogP contribution in [0.25, 0.3) is 0 Å². The van der Waals surface area contributed by atoms with Crippen LogP contribution in [0.1, 0.15) is 38.5 Å². The van der Waals surface area contributed by atoms with Crippen molar-refractivity contribution in [3.8, 4) is 0 Å². The lowest BCUT2D eigenvalue weighted by molar-refractivity contribution is -0.00000588. The Hall–Kier alpha value is -1.59. The molecule has 0 saturated heterocycles. The molecule has 3 aromatic rings. The smallest absolute Gasteiger partial charge is 0.115 e.